The average Bonchev–Trinajstić information content (AvgIpc) is 2.75. The van der Waals surface area contributed by atoms with Crippen LogP contribution in [0.3, 0.4) is 0 Å². The molecule has 0 aliphatic heterocycles. The van der Waals surface area contributed by atoms with Gasteiger partial charge in [-0.05, 0) is 90.3 Å². The first kappa shape index (κ1) is 21.1. The lowest BCUT2D eigenvalue weighted by molar-refractivity contribution is 0.474. The van der Waals surface area contributed by atoms with E-state index in [2.05, 4.69) is 0 Å². The number of nitrogen functional groups attached to an aromatic ring is 2. The second-order valence-electron chi connectivity index (χ2n) is 6.75. The van der Waals surface area contributed by atoms with E-state index in [0.717, 1.165) is 27.6 Å². The van der Waals surface area contributed by atoms with Gasteiger partial charge in [0.2, 0.25) is 0 Å². The quantitative estimate of drug-likeness (QED) is 0.321. The molecule has 0 unspecified atom stereocenters. The fourth-order valence-electron chi connectivity index (χ4n) is 2.67. The maximum atomic E-state index is 9.12. The van der Waals surface area contributed by atoms with Gasteiger partial charge in [0.05, 0.1) is 0 Å². The number of rotatable bonds is 4. The Labute approximate surface area is 180 Å². The van der Waals surface area contributed by atoms with Crippen LogP contribution in [-0.2, 0) is 6.42 Å². The molecule has 0 heterocycles. The fourth-order valence-corrected chi connectivity index (χ4v) is 3.49. The number of hydrogen-bond acceptors (Lipinski definition) is 5. The summed E-state index contributed by atoms with van der Waals surface area (Å²) in [7, 11) is 0. The van der Waals surface area contributed by atoms with E-state index in [9.17, 15) is 0 Å². The van der Waals surface area contributed by atoms with E-state index in [0.29, 0.717) is 0 Å². The van der Waals surface area contributed by atoms with E-state index in [4.69, 9.17) is 21.7 Å². The van der Waals surface area contributed by atoms with Crippen molar-refractivity contribution in [2.75, 3.05) is 11.5 Å². The normalized spacial score (nSPS) is 10.1. The molecule has 30 heavy (non-hydrogen) atoms. The second kappa shape index (κ2) is 10.3. The minimum Gasteiger partial charge on any atom is -0.508 e. The van der Waals surface area contributed by atoms with E-state index in [-0.39, 0.29) is 11.5 Å². The van der Waals surface area contributed by atoms with Gasteiger partial charge in [-0.1, -0.05) is 36.0 Å². The lowest BCUT2D eigenvalue weighted by atomic mass is 10.0. The third-order valence-corrected chi connectivity index (χ3v) is 5.29. The molecule has 4 nitrogen and oxygen atoms in total. The zero-order valence-electron chi connectivity index (χ0n) is 16.4. The maximum Gasteiger partial charge on any atom is 0.115 e. The molecule has 0 saturated carbocycles. The van der Waals surface area contributed by atoms with E-state index in [1.54, 1.807) is 36.0 Å². The average molecular weight is 417 g/mol. The van der Waals surface area contributed by atoms with Crippen LogP contribution in [0, 0.1) is 0 Å². The molecule has 0 bridgehead atoms. The van der Waals surface area contributed by atoms with Crippen LogP contribution in [0.25, 0.3) is 0 Å². The number of anilines is 2. The van der Waals surface area contributed by atoms with Crippen molar-refractivity contribution in [1.29, 1.82) is 0 Å². The Morgan fingerprint density at radius 3 is 1.17 bits per heavy atom. The summed E-state index contributed by atoms with van der Waals surface area (Å²) in [6.45, 7) is 0. The van der Waals surface area contributed by atoms with Crippen LogP contribution in [0.2, 0.25) is 0 Å². The molecule has 4 aromatic rings. The Morgan fingerprint density at radius 1 is 0.500 bits per heavy atom. The van der Waals surface area contributed by atoms with Crippen molar-refractivity contribution in [1.82, 2.24) is 0 Å². The molecule has 4 aromatic carbocycles. The Bertz CT molecular complexity index is 870. The molecule has 0 amide bonds. The first-order chi connectivity index (χ1) is 14.5. The lowest BCUT2D eigenvalue weighted by Crippen LogP contribution is -1.90. The zero-order chi connectivity index (χ0) is 21.3. The molecule has 0 spiro atoms. The van der Waals surface area contributed by atoms with Gasteiger partial charge in [-0.3, -0.25) is 0 Å². The van der Waals surface area contributed by atoms with Gasteiger partial charge in [-0.2, -0.15) is 0 Å². The van der Waals surface area contributed by atoms with Crippen LogP contribution >= 0.6 is 11.8 Å². The summed E-state index contributed by atoms with van der Waals surface area (Å²) in [6.07, 6.45) is 0.917. The summed E-state index contributed by atoms with van der Waals surface area (Å²) in [5, 5.41) is 18.2. The molecular formula is C25H24N2O2S. The molecule has 6 N–H and O–H groups in total. The number of benzene rings is 4. The number of hydrogen-bond donors (Lipinski definition) is 4. The van der Waals surface area contributed by atoms with Crippen molar-refractivity contribution in [3.63, 3.8) is 0 Å². The molecule has 0 aliphatic rings. The molecule has 0 aliphatic carbocycles. The lowest BCUT2D eigenvalue weighted by Gasteiger charge is -2.02. The standard InChI is InChI=1S/C13H14N2.C12H10O2S/c14-12-5-1-10(2-6-12)9-11-3-7-13(15)8-4-11;13-9-1-5-11(6-2-9)15-12-7-3-10(14)4-8-12/h1-8H,9,14-15H2;1-8,13-14H. The van der Waals surface area contributed by atoms with E-state index in [1.165, 1.54) is 11.1 Å². The number of phenolic OH excluding ortho intramolecular Hbond substituents is 2. The first-order valence-electron chi connectivity index (χ1n) is 9.43. The summed E-state index contributed by atoms with van der Waals surface area (Å²) in [5.74, 6) is 0.537. The SMILES string of the molecule is Nc1ccc(Cc2ccc(N)cc2)cc1.Oc1ccc(Sc2ccc(O)cc2)cc1. The molecule has 0 fully saturated rings. The summed E-state index contributed by atoms with van der Waals surface area (Å²) in [5.41, 5.74) is 15.4. The maximum absolute atomic E-state index is 9.12. The van der Waals surface area contributed by atoms with Crippen LogP contribution in [0.4, 0.5) is 11.4 Å². The number of nitrogens with two attached hydrogens (primary N) is 2. The van der Waals surface area contributed by atoms with Gasteiger partial charge in [0.15, 0.2) is 0 Å². The van der Waals surface area contributed by atoms with Crippen LogP contribution in [0.5, 0.6) is 11.5 Å². The van der Waals surface area contributed by atoms with Crippen molar-refractivity contribution in [2.24, 2.45) is 0 Å². The highest BCUT2D eigenvalue weighted by Crippen LogP contribution is 2.29. The summed E-state index contributed by atoms with van der Waals surface area (Å²) in [4.78, 5) is 2.11. The Kier molecular flexibility index (Phi) is 7.24. The molecule has 0 radical (unpaired) electrons. The van der Waals surface area contributed by atoms with E-state index >= 15 is 0 Å². The van der Waals surface area contributed by atoms with Crippen LogP contribution < -0.4 is 11.5 Å². The van der Waals surface area contributed by atoms with Gasteiger partial charge in [-0.15, -0.1) is 0 Å². The summed E-state index contributed by atoms with van der Waals surface area (Å²) >= 11 is 1.58. The molecule has 152 valence electrons. The summed E-state index contributed by atoms with van der Waals surface area (Å²) < 4.78 is 0. The highest BCUT2D eigenvalue weighted by atomic mass is 32.2. The van der Waals surface area contributed by atoms with Gasteiger partial charge < -0.3 is 21.7 Å². The molecule has 0 saturated heterocycles. The minimum absolute atomic E-state index is 0.269. The molecule has 0 atom stereocenters. The second-order valence-corrected chi connectivity index (χ2v) is 7.90. The topological polar surface area (TPSA) is 92.5 Å². The van der Waals surface area contributed by atoms with Crippen molar-refractivity contribution in [3.8, 4) is 11.5 Å². The first-order valence-corrected chi connectivity index (χ1v) is 10.2. The largest absolute Gasteiger partial charge is 0.508 e. The summed E-state index contributed by atoms with van der Waals surface area (Å²) in [6, 6.07) is 29.9. The van der Waals surface area contributed by atoms with E-state index < -0.39 is 0 Å². The van der Waals surface area contributed by atoms with Crippen molar-refractivity contribution < 1.29 is 10.2 Å². The fraction of sp³-hybridized carbons (Fsp3) is 0.0400. The number of phenols is 2. The number of aromatic hydroxyl groups is 2. The van der Waals surface area contributed by atoms with Crippen molar-refractivity contribution in [3.05, 3.63) is 108 Å². The zero-order valence-corrected chi connectivity index (χ0v) is 17.2. The predicted octanol–water partition coefficient (Wildman–Crippen LogP) is 5.69. The minimum atomic E-state index is 0.269. The van der Waals surface area contributed by atoms with Crippen molar-refractivity contribution in [2.45, 2.75) is 16.2 Å². The van der Waals surface area contributed by atoms with Crippen LogP contribution in [-0.4, -0.2) is 10.2 Å². The van der Waals surface area contributed by atoms with Gasteiger partial charge in [0, 0.05) is 21.2 Å². The molecular weight excluding hydrogens is 392 g/mol. The third-order valence-electron chi connectivity index (χ3n) is 4.28. The molecule has 5 heteroatoms. The van der Waals surface area contributed by atoms with Gasteiger partial charge in [0.25, 0.3) is 0 Å². The highest BCUT2D eigenvalue weighted by Gasteiger charge is 1.98. The predicted molar refractivity (Wildman–Crippen MR) is 125 cm³/mol. The van der Waals surface area contributed by atoms with E-state index in [1.807, 2.05) is 72.8 Å². The molecule has 0 aromatic heterocycles. The Hall–Kier alpha value is -3.57. The monoisotopic (exact) mass is 416 g/mol. The van der Waals surface area contributed by atoms with Gasteiger partial charge in [0.1, 0.15) is 11.5 Å². The Morgan fingerprint density at radius 2 is 0.833 bits per heavy atom. The van der Waals surface area contributed by atoms with Crippen LogP contribution in [0.1, 0.15) is 11.1 Å². The van der Waals surface area contributed by atoms with Gasteiger partial charge in [-0.25, -0.2) is 0 Å². The Balaban J connectivity index is 0.000000171. The van der Waals surface area contributed by atoms with Crippen LogP contribution in [0.15, 0.2) is 107 Å². The van der Waals surface area contributed by atoms with Gasteiger partial charge >= 0.3 is 0 Å². The highest BCUT2D eigenvalue weighted by molar-refractivity contribution is 7.99. The molecule has 4 rings (SSSR count). The third kappa shape index (κ3) is 6.79. The smallest absolute Gasteiger partial charge is 0.115 e. The van der Waals surface area contributed by atoms with Crippen molar-refractivity contribution >= 4 is 23.1 Å².